The Bertz CT molecular complexity index is 2870. The number of carbonyl (C=O) groups excluding carboxylic acids is 5. The van der Waals surface area contributed by atoms with Gasteiger partial charge in [-0.2, -0.15) is 5.10 Å². The number of methoxy groups -OCH3 is 1. The van der Waals surface area contributed by atoms with Gasteiger partial charge in [-0.25, -0.2) is 14.1 Å². The Kier molecular flexibility index (Phi) is 19.3. The van der Waals surface area contributed by atoms with Gasteiger partial charge in [0.15, 0.2) is 5.78 Å². The maximum atomic E-state index is 14.8. The summed E-state index contributed by atoms with van der Waals surface area (Å²) in [5.41, 5.74) is 12.0. The number of nitrogens with zero attached hydrogens (tertiary/aromatic N) is 8. The van der Waals surface area contributed by atoms with Crippen molar-refractivity contribution >= 4 is 57.5 Å². The fourth-order valence-electron chi connectivity index (χ4n) is 11.9. The molecule has 0 radical (unpaired) electrons. The fourth-order valence-corrected chi connectivity index (χ4v) is 13.1. The van der Waals surface area contributed by atoms with Gasteiger partial charge >= 0.3 is 0 Å². The zero-order valence-electron chi connectivity index (χ0n) is 46.4. The first-order valence-corrected chi connectivity index (χ1v) is 29.1. The van der Waals surface area contributed by atoms with Crippen LogP contribution in [0.1, 0.15) is 115 Å². The molecule has 2 amide bonds. The number of ether oxygens (including phenoxy) is 3. The Labute approximate surface area is 467 Å². The van der Waals surface area contributed by atoms with Crippen molar-refractivity contribution in [2.24, 2.45) is 16.8 Å². The van der Waals surface area contributed by atoms with E-state index in [1.807, 2.05) is 49.1 Å². The van der Waals surface area contributed by atoms with Gasteiger partial charge < -0.3 is 44.9 Å². The largest absolute Gasteiger partial charge is 0.481 e. The number of ketones is 3. The summed E-state index contributed by atoms with van der Waals surface area (Å²) < 4.78 is 34.2. The number of aryl methyl sites for hydroxylation is 2. The summed E-state index contributed by atoms with van der Waals surface area (Å²) in [6.45, 7) is 9.56. The molecule has 5 atom stereocenters. The Balaban J connectivity index is 0.710. The van der Waals surface area contributed by atoms with Crippen molar-refractivity contribution in [3.63, 3.8) is 0 Å². The lowest BCUT2D eigenvalue weighted by molar-refractivity contribution is -0.141. The van der Waals surface area contributed by atoms with Crippen molar-refractivity contribution in [2.75, 3.05) is 96.7 Å². The van der Waals surface area contributed by atoms with Crippen LogP contribution in [0, 0.1) is 24.6 Å². The average Bonchev–Trinajstić information content (AvgIpc) is 4.36. The molecule has 2 aromatic carbocycles. The third-order valence-electron chi connectivity index (χ3n) is 16.5. The lowest BCUT2D eigenvalue weighted by Gasteiger charge is -2.38. The van der Waals surface area contributed by atoms with Crippen molar-refractivity contribution in [3.05, 3.63) is 88.5 Å². The third-order valence-corrected chi connectivity index (χ3v) is 17.7. The van der Waals surface area contributed by atoms with E-state index in [2.05, 4.69) is 20.1 Å². The lowest BCUT2D eigenvalue weighted by atomic mass is 9.79. The first-order valence-electron chi connectivity index (χ1n) is 28.1. The molecular weight excluding hydrogens is 1030 g/mol. The minimum absolute atomic E-state index is 0.00585. The van der Waals surface area contributed by atoms with E-state index in [1.54, 1.807) is 54.8 Å². The minimum atomic E-state index is -0.464. The van der Waals surface area contributed by atoms with Crippen molar-refractivity contribution < 1.29 is 42.6 Å². The molecule has 3 N–H and O–H groups in total. The SMILES string of the molecule is CN[C@H](C)C(=O)C[C@@H](C(=O)N1CCC[C@@H]1C1=NC(C(=O)c2ccc(C)cc2)CS1)C1CCN(CCOCCOCCC(=O)CCCn2nc3c(c2OC)-c2cnc(N)c(c2)N2CCC[C@@H]2c2cc(F)ccc2C(=O)N(C)C3)CC1. The number of halogens is 1. The molecule has 79 heavy (non-hydrogen) atoms. The number of Topliss-reactive ketones (excluding diaryl/α,β-unsaturated/α-hetero) is 3. The Morgan fingerprint density at radius 3 is 2.42 bits per heavy atom. The molecule has 9 rings (SSSR count). The maximum Gasteiger partial charge on any atom is 0.254 e. The van der Waals surface area contributed by atoms with Gasteiger partial charge in [-0.1, -0.05) is 29.8 Å². The van der Waals surface area contributed by atoms with Gasteiger partial charge in [-0.15, -0.1) is 11.8 Å². The van der Waals surface area contributed by atoms with Gasteiger partial charge in [0.25, 0.3) is 5.91 Å². The van der Waals surface area contributed by atoms with Crippen LogP contribution < -0.4 is 20.7 Å². The summed E-state index contributed by atoms with van der Waals surface area (Å²) in [6, 6.07) is 12.7. The van der Waals surface area contributed by atoms with Crippen molar-refractivity contribution in [1.82, 2.24) is 34.8 Å². The minimum Gasteiger partial charge on any atom is -0.481 e. The van der Waals surface area contributed by atoms with Crippen LogP contribution in [0.3, 0.4) is 0 Å². The van der Waals surface area contributed by atoms with Crippen LogP contribution in [0.2, 0.25) is 0 Å². The standard InChI is InChI=1S/C59H77FN10O8S/c1-37-12-14-40(15-13-37)54(73)48-36-79-56(64-48)50-11-8-22-69(50)58(75)45(33-52(72)38(2)62-3)39-18-24-67(25-19-39)26-28-78-30-29-77-27-20-43(71)9-6-23-70-59(76-5)53-41-31-51(55(61)63-34-41)68-21-7-10-49(68)46-32-42(60)16-17-44(46)57(74)66(4)35-47(53)65-70/h12-17,31-32,34,38-39,45,48-50,62H,6-11,18-30,33,35-36H2,1-5H3,(H2,61,63)/t38-,45-,48?,49-,50-/m1/s1. The molecule has 20 heteroatoms. The second kappa shape index (κ2) is 26.5. The number of benzene rings is 2. The van der Waals surface area contributed by atoms with Crippen LogP contribution >= 0.6 is 11.8 Å². The number of rotatable bonds is 23. The molecule has 2 aromatic heterocycles. The number of piperidine rings is 1. The number of carbonyl (C=O) groups is 5. The van der Waals surface area contributed by atoms with Gasteiger partial charge in [-0.05, 0) is 115 Å². The summed E-state index contributed by atoms with van der Waals surface area (Å²) in [5.74, 6) is 0.504. The summed E-state index contributed by atoms with van der Waals surface area (Å²) in [7, 11) is 5.05. The molecule has 18 nitrogen and oxygen atoms in total. The third kappa shape index (κ3) is 13.4. The number of nitrogens with two attached hydrogens (primary N) is 1. The summed E-state index contributed by atoms with van der Waals surface area (Å²) in [6.07, 6.45) is 7.77. The number of pyridine rings is 1. The summed E-state index contributed by atoms with van der Waals surface area (Å²) in [5, 5.41) is 8.85. The number of amides is 2. The van der Waals surface area contributed by atoms with E-state index in [4.69, 9.17) is 30.0 Å². The van der Waals surface area contributed by atoms with Gasteiger partial charge in [-0.3, -0.25) is 29.0 Å². The van der Waals surface area contributed by atoms with E-state index < -0.39 is 17.8 Å². The number of hydrogen-bond donors (Lipinski definition) is 2. The molecule has 0 aliphatic carbocycles. The Hall–Kier alpha value is -6.06. The number of likely N-dealkylation sites (N-methyl/N-ethyl adjacent to an activating group) is 1. The smallest absolute Gasteiger partial charge is 0.254 e. The molecule has 7 heterocycles. The number of hydrogen-bond acceptors (Lipinski definition) is 16. The van der Waals surface area contributed by atoms with E-state index in [-0.39, 0.29) is 79.2 Å². The molecule has 0 saturated carbocycles. The highest BCUT2D eigenvalue weighted by Crippen LogP contribution is 2.44. The normalized spacial score (nSPS) is 20.5. The van der Waals surface area contributed by atoms with Crippen molar-refractivity contribution in [2.45, 2.75) is 115 Å². The van der Waals surface area contributed by atoms with E-state index in [1.165, 1.54) is 12.1 Å². The number of anilines is 2. The van der Waals surface area contributed by atoms with Gasteiger partial charge in [0.1, 0.15) is 29.2 Å². The molecule has 0 spiro atoms. The van der Waals surface area contributed by atoms with Crippen LogP contribution in [-0.2, 0) is 36.9 Å². The molecular formula is C59H77FN10O8S. The number of nitrogens with one attached hydrogen (secondary N) is 1. The van der Waals surface area contributed by atoms with Gasteiger partial charge in [0.2, 0.25) is 11.8 Å². The van der Waals surface area contributed by atoms with Gasteiger partial charge in [0.05, 0.1) is 80.2 Å². The number of aromatic nitrogens is 3. The quantitative estimate of drug-likeness (QED) is 0.0569. The zero-order valence-corrected chi connectivity index (χ0v) is 47.2. The predicted molar refractivity (Wildman–Crippen MR) is 303 cm³/mol. The van der Waals surface area contributed by atoms with Crippen LogP contribution in [0.15, 0.2) is 59.7 Å². The summed E-state index contributed by atoms with van der Waals surface area (Å²) in [4.78, 5) is 86.0. The second-order valence-corrected chi connectivity index (χ2v) is 22.8. The number of fused-ring (bicyclic) bond motifs is 8. The van der Waals surface area contributed by atoms with Crippen LogP contribution in [-0.4, -0.2) is 168 Å². The molecule has 2 bridgehead atoms. The molecule has 5 aliphatic rings. The van der Waals surface area contributed by atoms with Crippen LogP contribution in [0.25, 0.3) is 11.1 Å². The van der Waals surface area contributed by atoms with Crippen molar-refractivity contribution in [3.8, 4) is 17.0 Å². The first kappa shape index (κ1) is 57.6. The van der Waals surface area contributed by atoms with Gasteiger partial charge in [0, 0.05) is 87.0 Å². The number of likely N-dealkylation sites (tertiary alicyclic amines) is 2. The number of aliphatic imine (C=N–C) groups is 1. The first-order chi connectivity index (χ1) is 38.2. The average molecular weight is 1110 g/mol. The van der Waals surface area contributed by atoms with Crippen LogP contribution in [0.5, 0.6) is 5.88 Å². The van der Waals surface area contributed by atoms with Crippen molar-refractivity contribution in [1.29, 1.82) is 0 Å². The van der Waals surface area contributed by atoms with Crippen LogP contribution in [0.4, 0.5) is 15.9 Å². The van der Waals surface area contributed by atoms with E-state index in [9.17, 15) is 28.4 Å². The molecule has 3 saturated heterocycles. The summed E-state index contributed by atoms with van der Waals surface area (Å²) >= 11 is 1.58. The molecule has 4 aromatic rings. The molecule has 424 valence electrons. The zero-order chi connectivity index (χ0) is 55.7. The lowest BCUT2D eigenvalue weighted by Crippen LogP contribution is -2.48. The highest BCUT2D eigenvalue weighted by Gasteiger charge is 2.43. The second-order valence-electron chi connectivity index (χ2n) is 21.7. The predicted octanol–water partition coefficient (Wildman–Crippen LogP) is 6.97. The van der Waals surface area contributed by atoms with E-state index in [0.717, 1.165) is 74.3 Å². The maximum absolute atomic E-state index is 14.8. The monoisotopic (exact) mass is 1100 g/mol. The Morgan fingerprint density at radius 2 is 1.66 bits per heavy atom. The fraction of sp³-hybridized carbons (Fsp3) is 0.559. The van der Waals surface area contributed by atoms with E-state index >= 15 is 0 Å². The number of thioether (sulfide) groups is 1. The molecule has 1 unspecified atom stereocenters. The molecule has 3 fully saturated rings. The highest BCUT2D eigenvalue weighted by molar-refractivity contribution is 8.14. The highest BCUT2D eigenvalue weighted by atomic mass is 32.2. The molecule has 5 aliphatic heterocycles. The van der Waals surface area contributed by atoms with E-state index in [0.29, 0.717) is 103 Å². The number of nitrogen functional groups attached to an aromatic ring is 1. The topological polar surface area (TPSA) is 207 Å². The Morgan fingerprint density at radius 1 is 0.911 bits per heavy atom.